The number of rotatable bonds is 6. The maximum absolute atomic E-state index is 11.9. The lowest BCUT2D eigenvalue weighted by atomic mass is 10.1. The van der Waals surface area contributed by atoms with Gasteiger partial charge < -0.3 is 5.32 Å². The molecule has 8 heteroatoms. The number of ketones is 1. The number of amides is 1. The first-order valence-electron chi connectivity index (χ1n) is 7.33. The summed E-state index contributed by atoms with van der Waals surface area (Å²) in [6, 6.07) is 8.61. The van der Waals surface area contributed by atoms with E-state index >= 15 is 0 Å². The van der Waals surface area contributed by atoms with Crippen molar-refractivity contribution in [1.29, 1.82) is 0 Å². The smallest absolute Gasteiger partial charge is 0.253 e. The molecular weight excluding hydrogens is 326 g/mol. The third-order valence-electron chi connectivity index (χ3n) is 3.23. The molecule has 0 saturated carbocycles. The van der Waals surface area contributed by atoms with Crippen LogP contribution in [0.15, 0.2) is 47.9 Å². The predicted octanol–water partition coefficient (Wildman–Crippen LogP) is 2.45. The molecule has 0 atom stereocenters. The van der Waals surface area contributed by atoms with Crippen molar-refractivity contribution in [2.75, 3.05) is 11.1 Å². The second-order valence-corrected chi connectivity index (χ2v) is 6.10. The topological polar surface area (TPSA) is 89.2 Å². The Morgan fingerprint density at radius 2 is 2.04 bits per heavy atom. The Kier molecular flexibility index (Phi) is 4.85. The molecule has 0 bridgehead atoms. The van der Waals surface area contributed by atoms with Crippen LogP contribution in [0.25, 0.3) is 5.78 Å². The van der Waals surface area contributed by atoms with Crippen molar-refractivity contribution in [3.63, 3.8) is 0 Å². The maximum atomic E-state index is 11.9. The highest BCUT2D eigenvalue weighted by Gasteiger charge is 2.07. The van der Waals surface area contributed by atoms with Crippen molar-refractivity contribution in [3.05, 3.63) is 48.3 Å². The van der Waals surface area contributed by atoms with E-state index in [4.69, 9.17) is 0 Å². The van der Waals surface area contributed by atoms with Gasteiger partial charge in [-0.25, -0.2) is 9.50 Å². The summed E-state index contributed by atoms with van der Waals surface area (Å²) in [6.07, 6.45) is 3.77. The third-order valence-corrected chi connectivity index (χ3v) is 4.07. The molecule has 0 fully saturated rings. The van der Waals surface area contributed by atoms with Gasteiger partial charge in [-0.15, -0.1) is 5.10 Å². The van der Waals surface area contributed by atoms with Crippen LogP contribution in [0.5, 0.6) is 0 Å². The van der Waals surface area contributed by atoms with Crippen molar-refractivity contribution in [1.82, 2.24) is 19.6 Å². The van der Waals surface area contributed by atoms with Crippen LogP contribution >= 0.6 is 11.8 Å². The van der Waals surface area contributed by atoms with E-state index in [1.807, 2.05) is 0 Å². The van der Waals surface area contributed by atoms with E-state index in [9.17, 15) is 9.59 Å². The zero-order valence-electron chi connectivity index (χ0n) is 13.0. The molecule has 122 valence electrons. The highest BCUT2D eigenvalue weighted by molar-refractivity contribution is 7.99. The standard InChI is InChI=1S/C16H15N5O2S/c1-11(22)12-3-5-13(6-4-12)18-14(23)7-10-24-16-19-15-17-8-2-9-21(15)20-16/h2-6,8-9H,7,10H2,1H3,(H,18,23). The molecule has 1 N–H and O–H groups in total. The molecule has 1 amide bonds. The van der Waals surface area contributed by atoms with Gasteiger partial charge in [0.15, 0.2) is 5.78 Å². The normalized spacial score (nSPS) is 10.7. The largest absolute Gasteiger partial charge is 0.326 e. The number of benzene rings is 1. The van der Waals surface area contributed by atoms with E-state index in [0.717, 1.165) is 0 Å². The second-order valence-electron chi connectivity index (χ2n) is 5.04. The number of anilines is 1. The molecule has 0 radical (unpaired) electrons. The summed E-state index contributed by atoms with van der Waals surface area (Å²) in [6.45, 7) is 1.51. The number of carbonyl (C=O) groups excluding carboxylic acids is 2. The fourth-order valence-electron chi connectivity index (χ4n) is 2.02. The average molecular weight is 341 g/mol. The summed E-state index contributed by atoms with van der Waals surface area (Å²) in [7, 11) is 0. The quantitative estimate of drug-likeness (QED) is 0.547. The van der Waals surface area contributed by atoms with Gasteiger partial charge in [-0.3, -0.25) is 9.59 Å². The molecule has 2 aromatic heterocycles. The molecule has 7 nitrogen and oxygen atoms in total. The van der Waals surface area contributed by atoms with Crippen molar-refractivity contribution >= 4 is 34.9 Å². The molecular formula is C16H15N5O2S. The Balaban J connectivity index is 1.49. The molecule has 2 heterocycles. The Morgan fingerprint density at radius 1 is 1.25 bits per heavy atom. The molecule has 0 spiro atoms. The van der Waals surface area contributed by atoms with Gasteiger partial charge in [0.1, 0.15) is 0 Å². The molecule has 0 aliphatic heterocycles. The lowest BCUT2D eigenvalue weighted by Crippen LogP contribution is -2.12. The van der Waals surface area contributed by atoms with Crippen LogP contribution in [0.2, 0.25) is 0 Å². The van der Waals surface area contributed by atoms with Gasteiger partial charge in [0.05, 0.1) is 0 Å². The fourth-order valence-corrected chi connectivity index (χ4v) is 2.78. The number of Topliss-reactive ketones (excluding diaryl/α,β-unsaturated/α-hetero) is 1. The molecule has 0 saturated heterocycles. The SMILES string of the molecule is CC(=O)c1ccc(NC(=O)CCSc2nc3ncccn3n2)cc1. The van der Waals surface area contributed by atoms with Crippen LogP contribution < -0.4 is 5.32 Å². The van der Waals surface area contributed by atoms with Gasteiger partial charge in [-0.1, -0.05) is 11.8 Å². The number of hydrogen-bond acceptors (Lipinski definition) is 6. The average Bonchev–Trinajstić information content (AvgIpc) is 2.98. The van der Waals surface area contributed by atoms with Gasteiger partial charge in [0.2, 0.25) is 11.1 Å². The summed E-state index contributed by atoms with van der Waals surface area (Å²) < 4.78 is 1.60. The lowest BCUT2D eigenvalue weighted by molar-refractivity contribution is -0.115. The number of aromatic nitrogens is 4. The van der Waals surface area contributed by atoms with E-state index in [2.05, 4.69) is 20.4 Å². The van der Waals surface area contributed by atoms with Crippen molar-refractivity contribution in [2.24, 2.45) is 0 Å². The van der Waals surface area contributed by atoms with Gasteiger partial charge in [0.25, 0.3) is 5.78 Å². The summed E-state index contributed by atoms with van der Waals surface area (Å²) in [4.78, 5) is 31.5. The maximum Gasteiger partial charge on any atom is 0.253 e. The summed E-state index contributed by atoms with van der Waals surface area (Å²) in [5.74, 6) is 1.00. The first-order valence-corrected chi connectivity index (χ1v) is 8.31. The van der Waals surface area contributed by atoms with Gasteiger partial charge in [0, 0.05) is 35.8 Å². The van der Waals surface area contributed by atoms with E-state index in [0.29, 0.717) is 34.4 Å². The first-order chi connectivity index (χ1) is 11.6. The highest BCUT2D eigenvalue weighted by Crippen LogP contribution is 2.15. The monoisotopic (exact) mass is 341 g/mol. The molecule has 0 unspecified atom stereocenters. The van der Waals surface area contributed by atoms with E-state index in [1.54, 1.807) is 47.2 Å². The Labute approximate surface area is 142 Å². The fraction of sp³-hybridized carbons (Fsp3) is 0.188. The minimum Gasteiger partial charge on any atom is -0.326 e. The third kappa shape index (κ3) is 3.96. The molecule has 3 aromatic rings. The van der Waals surface area contributed by atoms with Crippen LogP contribution in [0.4, 0.5) is 5.69 Å². The number of nitrogens with one attached hydrogen (secondary N) is 1. The summed E-state index contributed by atoms with van der Waals surface area (Å²) in [5, 5.41) is 7.65. The lowest BCUT2D eigenvalue weighted by Gasteiger charge is -2.05. The zero-order chi connectivity index (χ0) is 16.9. The van der Waals surface area contributed by atoms with E-state index < -0.39 is 0 Å². The Morgan fingerprint density at radius 3 is 2.75 bits per heavy atom. The summed E-state index contributed by atoms with van der Waals surface area (Å²) in [5.41, 5.74) is 1.29. The van der Waals surface area contributed by atoms with E-state index in [-0.39, 0.29) is 11.7 Å². The Hall–Kier alpha value is -2.74. The Bertz CT molecular complexity index is 843. The van der Waals surface area contributed by atoms with Crippen LogP contribution in [0.1, 0.15) is 23.7 Å². The van der Waals surface area contributed by atoms with Crippen molar-refractivity contribution in [3.8, 4) is 0 Å². The number of carbonyl (C=O) groups is 2. The van der Waals surface area contributed by atoms with Crippen LogP contribution in [-0.4, -0.2) is 37.0 Å². The second kappa shape index (κ2) is 7.22. The highest BCUT2D eigenvalue weighted by atomic mass is 32.2. The zero-order valence-corrected chi connectivity index (χ0v) is 13.8. The van der Waals surface area contributed by atoms with Crippen molar-refractivity contribution in [2.45, 2.75) is 18.5 Å². The van der Waals surface area contributed by atoms with Crippen LogP contribution in [0, 0.1) is 0 Å². The van der Waals surface area contributed by atoms with Crippen molar-refractivity contribution < 1.29 is 9.59 Å². The number of fused-ring (bicyclic) bond motifs is 1. The molecule has 3 rings (SSSR count). The van der Waals surface area contributed by atoms with Crippen LogP contribution in [-0.2, 0) is 4.79 Å². The molecule has 0 aliphatic carbocycles. The molecule has 1 aromatic carbocycles. The van der Waals surface area contributed by atoms with Gasteiger partial charge in [-0.05, 0) is 37.3 Å². The van der Waals surface area contributed by atoms with E-state index in [1.165, 1.54) is 18.7 Å². The minimum atomic E-state index is -0.0973. The van der Waals surface area contributed by atoms with Crippen LogP contribution in [0.3, 0.4) is 0 Å². The number of thioether (sulfide) groups is 1. The first kappa shape index (κ1) is 16.1. The molecule has 0 aliphatic rings. The minimum absolute atomic E-state index is 0.00118. The predicted molar refractivity (Wildman–Crippen MR) is 91.2 cm³/mol. The molecule has 24 heavy (non-hydrogen) atoms. The van der Waals surface area contributed by atoms with Gasteiger partial charge >= 0.3 is 0 Å². The summed E-state index contributed by atoms with van der Waals surface area (Å²) >= 11 is 1.40. The number of nitrogens with zero attached hydrogens (tertiary/aromatic N) is 4. The van der Waals surface area contributed by atoms with Gasteiger partial charge in [-0.2, -0.15) is 4.98 Å². The number of hydrogen-bond donors (Lipinski definition) is 1.